The van der Waals surface area contributed by atoms with Crippen LogP contribution in [0, 0.1) is 0 Å². The number of carbonyl (C=O) groups excluding carboxylic acids is 1. The van der Waals surface area contributed by atoms with Crippen LogP contribution in [-0.4, -0.2) is 20.7 Å². The fourth-order valence-electron chi connectivity index (χ4n) is 2.61. The quantitative estimate of drug-likeness (QED) is 0.499. The van der Waals surface area contributed by atoms with E-state index in [1.807, 2.05) is 54.6 Å². The van der Waals surface area contributed by atoms with E-state index in [0.717, 1.165) is 15.8 Å². The zero-order chi connectivity index (χ0) is 18.6. The molecule has 0 radical (unpaired) electrons. The molecule has 0 unspecified atom stereocenters. The summed E-state index contributed by atoms with van der Waals surface area (Å²) in [4.78, 5) is 28.8. The van der Waals surface area contributed by atoms with Crippen molar-refractivity contribution in [3.63, 3.8) is 0 Å². The summed E-state index contributed by atoms with van der Waals surface area (Å²) >= 11 is 1.48. The molecule has 4 rings (SSSR count). The molecule has 4 aromatic rings. The molecule has 2 aromatic carbocycles. The van der Waals surface area contributed by atoms with Crippen LogP contribution in [-0.2, 0) is 17.9 Å². The van der Waals surface area contributed by atoms with Crippen LogP contribution >= 0.6 is 11.3 Å². The molecule has 0 amide bonds. The molecule has 27 heavy (non-hydrogen) atoms. The van der Waals surface area contributed by atoms with Gasteiger partial charge in [0.1, 0.15) is 11.6 Å². The van der Waals surface area contributed by atoms with E-state index in [-0.39, 0.29) is 17.9 Å². The first-order valence-corrected chi connectivity index (χ1v) is 9.14. The van der Waals surface area contributed by atoms with Gasteiger partial charge in [-0.3, -0.25) is 4.79 Å². The molecule has 2 aromatic heterocycles. The lowest BCUT2D eigenvalue weighted by atomic mass is 10.2. The molecule has 0 saturated carbocycles. The number of hydrogen-bond acceptors (Lipinski definition) is 6. The fourth-order valence-corrected chi connectivity index (χ4v) is 3.49. The topological polar surface area (TPSA) is 74.1 Å². The summed E-state index contributed by atoms with van der Waals surface area (Å²) in [6.45, 7) is 0.357. The normalized spacial score (nSPS) is 10.8. The lowest BCUT2D eigenvalue weighted by Gasteiger charge is -2.07. The molecule has 6 nitrogen and oxygen atoms in total. The number of carbonyl (C=O) groups is 1. The van der Waals surface area contributed by atoms with Crippen molar-refractivity contribution in [2.24, 2.45) is 0 Å². The molecule has 0 aliphatic carbocycles. The van der Waals surface area contributed by atoms with Crippen LogP contribution in [0.3, 0.4) is 0 Å². The number of esters is 1. The average Bonchev–Trinajstić information content (AvgIpc) is 3.11. The zero-order valence-electron chi connectivity index (χ0n) is 14.2. The van der Waals surface area contributed by atoms with Gasteiger partial charge in [-0.2, -0.15) is 5.10 Å². The summed E-state index contributed by atoms with van der Waals surface area (Å²) in [5, 5.41) is 4.85. The van der Waals surface area contributed by atoms with Crippen LogP contribution in [0.2, 0.25) is 0 Å². The van der Waals surface area contributed by atoms with Crippen molar-refractivity contribution < 1.29 is 9.53 Å². The number of thiazole rings is 1. The molecule has 134 valence electrons. The number of benzene rings is 2. The van der Waals surface area contributed by atoms with Gasteiger partial charge in [-0.25, -0.2) is 14.5 Å². The first kappa shape index (κ1) is 17.1. The minimum Gasteiger partial charge on any atom is -0.454 e. The predicted octanol–water partition coefficient (Wildman–Crippen LogP) is 3.26. The highest BCUT2D eigenvalue weighted by Crippen LogP contribution is 2.22. The van der Waals surface area contributed by atoms with E-state index in [1.54, 1.807) is 0 Å². The largest absolute Gasteiger partial charge is 0.454 e. The van der Waals surface area contributed by atoms with Crippen LogP contribution in [0.1, 0.15) is 21.1 Å². The summed E-state index contributed by atoms with van der Waals surface area (Å²) in [6.07, 6.45) is 0. The fraction of sp³-hybridized carbons (Fsp3) is 0.100. The number of ether oxygens (including phenoxy) is 1. The maximum atomic E-state index is 12.3. The second kappa shape index (κ2) is 7.51. The van der Waals surface area contributed by atoms with Crippen LogP contribution < -0.4 is 5.56 Å². The molecular formula is C20H15N3O3S. The first-order valence-electron chi connectivity index (χ1n) is 8.33. The molecule has 0 bridgehead atoms. The molecule has 7 heteroatoms. The summed E-state index contributed by atoms with van der Waals surface area (Å²) < 4.78 is 7.61. The SMILES string of the molecule is O=C(OCc1nc2ccccc2s1)c1ccc(=O)n(Cc2ccccc2)n1. The zero-order valence-corrected chi connectivity index (χ0v) is 15.1. The molecule has 2 heterocycles. The highest BCUT2D eigenvalue weighted by molar-refractivity contribution is 7.18. The Kier molecular flexibility index (Phi) is 4.76. The van der Waals surface area contributed by atoms with Gasteiger partial charge in [-0.15, -0.1) is 11.3 Å². The highest BCUT2D eigenvalue weighted by atomic mass is 32.1. The molecule has 0 aliphatic rings. The summed E-state index contributed by atoms with van der Waals surface area (Å²) in [7, 11) is 0. The Hall–Kier alpha value is -3.32. The van der Waals surface area contributed by atoms with Crippen molar-refractivity contribution in [3.05, 3.63) is 93.3 Å². The van der Waals surface area contributed by atoms with E-state index in [1.165, 1.54) is 28.2 Å². The van der Waals surface area contributed by atoms with Gasteiger partial charge in [-0.05, 0) is 23.8 Å². The van der Waals surface area contributed by atoms with E-state index < -0.39 is 5.97 Å². The maximum Gasteiger partial charge on any atom is 0.359 e. The minimum atomic E-state index is -0.587. The molecule has 0 spiro atoms. The Morgan fingerprint density at radius 2 is 1.78 bits per heavy atom. The van der Waals surface area contributed by atoms with Gasteiger partial charge in [0.25, 0.3) is 5.56 Å². The molecule has 0 N–H and O–H groups in total. The second-order valence-electron chi connectivity index (χ2n) is 5.85. The Morgan fingerprint density at radius 3 is 2.59 bits per heavy atom. The Morgan fingerprint density at radius 1 is 1.00 bits per heavy atom. The number of fused-ring (bicyclic) bond motifs is 1. The van der Waals surface area contributed by atoms with Crippen LogP contribution in [0.4, 0.5) is 0 Å². The summed E-state index contributed by atoms with van der Waals surface area (Å²) in [5.74, 6) is -0.587. The van der Waals surface area contributed by atoms with E-state index in [9.17, 15) is 9.59 Å². The third-order valence-corrected chi connectivity index (χ3v) is 4.93. The van der Waals surface area contributed by atoms with Crippen LogP contribution in [0.15, 0.2) is 71.5 Å². The standard InChI is InChI=1S/C20H15N3O3S/c24-19-11-10-16(22-23(19)12-14-6-2-1-3-7-14)20(25)26-13-18-21-15-8-4-5-9-17(15)27-18/h1-11H,12-13H2. The monoisotopic (exact) mass is 377 g/mol. The number of nitrogens with zero attached hydrogens (tertiary/aromatic N) is 3. The van der Waals surface area contributed by atoms with Crippen molar-refractivity contribution >= 4 is 27.5 Å². The third-order valence-electron chi connectivity index (χ3n) is 3.92. The molecule has 0 atom stereocenters. The van der Waals surface area contributed by atoms with E-state index in [4.69, 9.17) is 4.74 Å². The second-order valence-corrected chi connectivity index (χ2v) is 6.97. The van der Waals surface area contributed by atoms with Gasteiger partial charge in [0, 0.05) is 6.07 Å². The Bertz CT molecular complexity index is 1120. The third kappa shape index (κ3) is 3.93. The predicted molar refractivity (Wildman–Crippen MR) is 103 cm³/mol. The van der Waals surface area contributed by atoms with E-state index in [0.29, 0.717) is 11.6 Å². The molecule has 0 aliphatic heterocycles. The van der Waals surface area contributed by atoms with Gasteiger partial charge in [0.15, 0.2) is 5.69 Å². The number of aromatic nitrogens is 3. The number of para-hydroxylation sites is 1. The highest BCUT2D eigenvalue weighted by Gasteiger charge is 2.13. The van der Waals surface area contributed by atoms with Gasteiger partial charge in [0.05, 0.1) is 16.8 Å². The van der Waals surface area contributed by atoms with E-state index >= 15 is 0 Å². The average molecular weight is 377 g/mol. The summed E-state index contributed by atoms with van der Waals surface area (Å²) in [5.41, 5.74) is 1.61. The number of rotatable bonds is 5. The van der Waals surface area contributed by atoms with Gasteiger partial charge in [0.2, 0.25) is 0 Å². The molecular weight excluding hydrogens is 362 g/mol. The van der Waals surface area contributed by atoms with Crippen molar-refractivity contribution in [2.45, 2.75) is 13.2 Å². The molecule has 0 saturated heterocycles. The number of hydrogen-bond donors (Lipinski definition) is 0. The molecule has 0 fully saturated rings. The van der Waals surface area contributed by atoms with E-state index in [2.05, 4.69) is 10.1 Å². The van der Waals surface area contributed by atoms with Crippen LogP contribution in [0.5, 0.6) is 0 Å². The van der Waals surface area contributed by atoms with Gasteiger partial charge < -0.3 is 4.74 Å². The first-order chi connectivity index (χ1) is 13.2. The Labute approximate surface area is 158 Å². The van der Waals surface area contributed by atoms with Crippen molar-refractivity contribution in [2.75, 3.05) is 0 Å². The summed E-state index contributed by atoms with van der Waals surface area (Å²) in [6, 6.07) is 19.9. The van der Waals surface area contributed by atoms with Crippen molar-refractivity contribution in [3.8, 4) is 0 Å². The van der Waals surface area contributed by atoms with Crippen LogP contribution in [0.25, 0.3) is 10.2 Å². The minimum absolute atomic E-state index is 0.0671. The lowest BCUT2D eigenvalue weighted by molar-refractivity contribution is 0.0462. The van der Waals surface area contributed by atoms with Crippen molar-refractivity contribution in [1.29, 1.82) is 0 Å². The maximum absolute atomic E-state index is 12.3. The Balaban J connectivity index is 1.48. The van der Waals surface area contributed by atoms with Gasteiger partial charge >= 0.3 is 5.97 Å². The van der Waals surface area contributed by atoms with Gasteiger partial charge in [-0.1, -0.05) is 42.5 Å². The van der Waals surface area contributed by atoms with Crippen molar-refractivity contribution in [1.82, 2.24) is 14.8 Å². The smallest absolute Gasteiger partial charge is 0.359 e. The lowest BCUT2D eigenvalue weighted by Crippen LogP contribution is -2.25.